The van der Waals surface area contributed by atoms with Crippen molar-refractivity contribution >= 4 is 44.4 Å². The van der Waals surface area contributed by atoms with Crippen LogP contribution in [0.15, 0.2) is 42.7 Å². The lowest BCUT2D eigenvalue weighted by Crippen LogP contribution is -2.38. The highest BCUT2D eigenvalue weighted by molar-refractivity contribution is 7.22. The Hall–Kier alpha value is -4.78. The maximum Gasteiger partial charge on any atom is 0.417 e. The van der Waals surface area contributed by atoms with Gasteiger partial charge in [-0.15, -0.1) is 11.3 Å². The van der Waals surface area contributed by atoms with Crippen molar-refractivity contribution in [1.29, 1.82) is 0 Å². The first-order chi connectivity index (χ1) is 19.3. The van der Waals surface area contributed by atoms with Crippen molar-refractivity contribution in [3.63, 3.8) is 0 Å². The number of rotatable bonds is 5. The molecule has 1 atom stereocenters. The largest absolute Gasteiger partial charge is 0.481 e. The summed E-state index contributed by atoms with van der Waals surface area (Å²) in [5.74, 6) is 0.634. The molecule has 0 spiro atoms. The summed E-state index contributed by atoms with van der Waals surface area (Å²) < 4.78 is 43.1. The topological polar surface area (TPSA) is 118 Å². The van der Waals surface area contributed by atoms with Gasteiger partial charge in [0.1, 0.15) is 15.2 Å². The summed E-state index contributed by atoms with van der Waals surface area (Å²) in [6.07, 6.45) is 1.21. The molecule has 0 unspecified atom stereocenters. The standard InChI is InChI=1S/C27H22FN5O6S/c1-13-7-15(22-17(8-13)31-20(36-4)11-30-22)26-32-23-16(28)9-18-24(25(23)40-26)37-12-21(38-18)39-27(34)33(2)14-5-6-19(35-3)29-10-14/h5-11,21H,12H2,1-4H3/t21-/m1/s1. The van der Waals surface area contributed by atoms with Crippen LogP contribution in [0.4, 0.5) is 14.9 Å². The van der Waals surface area contributed by atoms with Crippen LogP contribution in [0.3, 0.4) is 0 Å². The Balaban J connectivity index is 1.28. The zero-order valence-electron chi connectivity index (χ0n) is 21.8. The Morgan fingerprint density at radius 1 is 1.07 bits per heavy atom. The highest BCUT2D eigenvalue weighted by Crippen LogP contribution is 2.45. The fourth-order valence-electron chi connectivity index (χ4n) is 4.22. The summed E-state index contributed by atoms with van der Waals surface area (Å²) in [6.45, 7) is 1.83. The van der Waals surface area contributed by atoms with Crippen LogP contribution in [-0.4, -0.2) is 60.2 Å². The van der Waals surface area contributed by atoms with Crippen LogP contribution < -0.4 is 23.8 Å². The van der Waals surface area contributed by atoms with Crippen LogP contribution in [0.5, 0.6) is 23.3 Å². The molecule has 0 aliphatic carbocycles. The summed E-state index contributed by atoms with van der Waals surface area (Å²) in [5, 5.41) is 0.544. The molecule has 0 saturated heterocycles. The number of aromatic nitrogens is 4. The normalized spacial score (nSPS) is 14.3. The van der Waals surface area contributed by atoms with E-state index in [0.717, 1.165) is 5.56 Å². The molecule has 1 amide bonds. The number of halogens is 1. The summed E-state index contributed by atoms with van der Waals surface area (Å²) in [4.78, 5) is 31.6. The number of carbonyl (C=O) groups is 1. The summed E-state index contributed by atoms with van der Waals surface area (Å²) >= 11 is 1.24. The molecule has 1 aliphatic rings. The number of hydrogen-bond donors (Lipinski definition) is 0. The number of amides is 1. The number of methoxy groups -OCH3 is 2. The van der Waals surface area contributed by atoms with Crippen LogP contribution in [0.25, 0.3) is 31.8 Å². The first-order valence-electron chi connectivity index (χ1n) is 12.0. The highest BCUT2D eigenvalue weighted by Gasteiger charge is 2.30. The third-order valence-corrected chi connectivity index (χ3v) is 7.28. The molecular weight excluding hydrogens is 541 g/mol. The zero-order chi connectivity index (χ0) is 28.0. The van der Waals surface area contributed by atoms with E-state index in [9.17, 15) is 4.79 Å². The van der Waals surface area contributed by atoms with Crippen molar-refractivity contribution in [1.82, 2.24) is 19.9 Å². The molecule has 13 heteroatoms. The fourth-order valence-corrected chi connectivity index (χ4v) is 5.31. The van der Waals surface area contributed by atoms with Crippen molar-refractivity contribution in [2.45, 2.75) is 13.2 Å². The SMILES string of the molecule is COc1ccc(N(C)C(=O)O[C@@H]2COc3c(cc(F)c4nc(-c5cc(C)cc6nc(OC)cnc56)sc34)O2)cn1. The second-order valence-electron chi connectivity index (χ2n) is 8.83. The Morgan fingerprint density at radius 3 is 2.65 bits per heavy atom. The molecular formula is C27H22FN5O6S. The minimum atomic E-state index is -1.09. The number of aryl methyl sites for hydroxylation is 1. The lowest BCUT2D eigenvalue weighted by Gasteiger charge is -2.27. The predicted molar refractivity (Wildman–Crippen MR) is 145 cm³/mol. The molecule has 11 nitrogen and oxygen atoms in total. The highest BCUT2D eigenvalue weighted by atomic mass is 32.1. The van der Waals surface area contributed by atoms with Gasteiger partial charge in [-0.25, -0.2) is 29.1 Å². The second-order valence-corrected chi connectivity index (χ2v) is 9.83. The molecule has 2 aromatic carbocycles. The summed E-state index contributed by atoms with van der Waals surface area (Å²) in [7, 11) is 4.55. The molecule has 4 heterocycles. The molecule has 0 fully saturated rings. The Labute approximate surface area is 231 Å². The van der Waals surface area contributed by atoms with Crippen molar-refractivity contribution in [3.05, 3.63) is 54.1 Å². The van der Waals surface area contributed by atoms with Gasteiger partial charge in [-0.1, -0.05) is 0 Å². The van der Waals surface area contributed by atoms with Crippen LogP contribution in [-0.2, 0) is 4.74 Å². The van der Waals surface area contributed by atoms with Gasteiger partial charge in [-0.3, -0.25) is 4.90 Å². The van der Waals surface area contributed by atoms with Crippen LogP contribution in [0.1, 0.15) is 5.56 Å². The van der Waals surface area contributed by atoms with E-state index >= 15 is 4.39 Å². The zero-order valence-corrected chi connectivity index (χ0v) is 22.6. The van der Waals surface area contributed by atoms with Gasteiger partial charge in [0.25, 0.3) is 6.29 Å². The molecule has 0 radical (unpaired) electrons. The molecule has 5 aromatic rings. The van der Waals surface area contributed by atoms with Gasteiger partial charge in [0.2, 0.25) is 11.8 Å². The van der Waals surface area contributed by atoms with Crippen LogP contribution in [0.2, 0.25) is 0 Å². The number of ether oxygens (including phenoxy) is 5. The first kappa shape index (κ1) is 25.5. The number of thiazole rings is 1. The average Bonchev–Trinajstić information content (AvgIpc) is 3.42. The smallest absolute Gasteiger partial charge is 0.417 e. The number of benzene rings is 2. The van der Waals surface area contributed by atoms with Gasteiger partial charge in [-0.2, -0.15) is 0 Å². The molecule has 0 bridgehead atoms. The number of anilines is 1. The number of fused-ring (bicyclic) bond motifs is 4. The van der Waals surface area contributed by atoms with Gasteiger partial charge in [0, 0.05) is 24.7 Å². The van der Waals surface area contributed by atoms with Crippen LogP contribution in [0, 0.1) is 12.7 Å². The molecule has 6 rings (SSSR count). The van der Waals surface area contributed by atoms with Crippen molar-refractivity contribution in [2.24, 2.45) is 0 Å². The predicted octanol–water partition coefficient (Wildman–Crippen LogP) is 5.14. The van der Waals surface area contributed by atoms with E-state index in [2.05, 4.69) is 19.9 Å². The third-order valence-electron chi connectivity index (χ3n) is 6.20. The van der Waals surface area contributed by atoms with Crippen LogP contribution >= 0.6 is 11.3 Å². The molecule has 3 aromatic heterocycles. The average molecular weight is 564 g/mol. The van der Waals surface area contributed by atoms with E-state index in [1.54, 1.807) is 12.1 Å². The van der Waals surface area contributed by atoms with E-state index in [-0.39, 0.29) is 17.9 Å². The van der Waals surface area contributed by atoms with Gasteiger partial charge < -0.3 is 23.7 Å². The van der Waals surface area contributed by atoms with Crippen molar-refractivity contribution in [3.8, 4) is 33.8 Å². The van der Waals surface area contributed by atoms with E-state index in [1.807, 2.05) is 19.1 Å². The lowest BCUT2D eigenvalue weighted by molar-refractivity contribution is -0.0719. The number of pyridine rings is 1. The van der Waals surface area contributed by atoms with Gasteiger partial charge in [0.05, 0.1) is 43.3 Å². The van der Waals surface area contributed by atoms with Crippen molar-refractivity contribution in [2.75, 3.05) is 32.8 Å². The first-order valence-corrected chi connectivity index (χ1v) is 12.8. The Kier molecular flexibility index (Phi) is 6.42. The van der Waals surface area contributed by atoms with Gasteiger partial charge in [-0.05, 0) is 30.7 Å². The van der Waals surface area contributed by atoms with E-state index in [1.165, 1.54) is 56.0 Å². The minimum Gasteiger partial charge on any atom is -0.481 e. The molecule has 204 valence electrons. The van der Waals surface area contributed by atoms with E-state index in [0.29, 0.717) is 49.5 Å². The minimum absolute atomic E-state index is 0.0972. The number of nitrogens with zero attached hydrogens (tertiary/aromatic N) is 5. The van der Waals surface area contributed by atoms with E-state index < -0.39 is 18.2 Å². The molecule has 40 heavy (non-hydrogen) atoms. The summed E-state index contributed by atoms with van der Waals surface area (Å²) in [5.41, 5.74) is 3.52. The Bertz CT molecular complexity index is 1760. The number of hydrogen-bond acceptors (Lipinski definition) is 11. The molecule has 0 saturated carbocycles. The third kappa shape index (κ3) is 4.53. The Morgan fingerprint density at radius 2 is 1.90 bits per heavy atom. The maximum atomic E-state index is 15.2. The quantitative estimate of drug-likeness (QED) is 0.285. The maximum absolute atomic E-state index is 15.2. The van der Waals surface area contributed by atoms with E-state index in [4.69, 9.17) is 23.7 Å². The molecule has 1 aliphatic heterocycles. The second kappa shape index (κ2) is 10.1. The van der Waals surface area contributed by atoms with Gasteiger partial charge >= 0.3 is 6.09 Å². The summed E-state index contributed by atoms with van der Waals surface area (Å²) in [6, 6.07) is 8.28. The fraction of sp³-hybridized carbons (Fsp3) is 0.222. The lowest BCUT2D eigenvalue weighted by atomic mass is 10.1. The molecule has 0 N–H and O–H groups in total. The monoisotopic (exact) mass is 563 g/mol. The van der Waals surface area contributed by atoms with Gasteiger partial charge in [0.15, 0.2) is 23.9 Å². The van der Waals surface area contributed by atoms with Crippen molar-refractivity contribution < 1.29 is 32.9 Å². The number of carbonyl (C=O) groups excluding carboxylic acids is 1.